The van der Waals surface area contributed by atoms with Crippen LogP contribution in [0.15, 0.2) is 48.5 Å². The maximum Gasteiger partial charge on any atom is 0.224 e. The second-order valence-corrected chi connectivity index (χ2v) is 7.88. The lowest BCUT2D eigenvalue weighted by Crippen LogP contribution is -2.42. The Morgan fingerprint density at radius 2 is 2.00 bits per heavy atom. The number of phenols is 1. The molecule has 0 unspecified atom stereocenters. The van der Waals surface area contributed by atoms with Gasteiger partial charge in [0.25, 0.3) is 0 Å². The predicted molar refractivity (Wildman–Crippen MR) is 104 cm³/mol. The smallest absolute Gasteiger partial charge is 0.224 e. The molecule has 0 bridgehead atoms. The maximum absolute atomic E-state index is 14.0. The minimum absolute atomic E-state index is 0.0203. The van der Waals surface area contributed by atoms with Crippen LogP contribution in [0.25, 0.3) is 0 Å². The van der Waals surface area contributed by atoms with Crippen molar-refractivity contribution in [1.29, 1.82) is 0 Å². The molecule has 2 N–H and O–H groups in total. The van der Waals surface area contributed by atoms with Gasteiger partial charge in [-0.25, -0.2) is 4.39 Å². The summed E-state index contributed by atoms with van der Waals surface area (Å²) in [7, 11) is 3.83. The molecule has 2 aromatic carbocycles. The molecule has 0 aromatic heterocycles. The Balaban J connectivity index is 1.59. The zero-order valence-corrected chi connectivity index (χ0v) is 16.1. The highest BCUT2D eigenvalue weighted by molar-refractivity contribution is 5.84. The molecule has 0 spiro atoms. The summed E-state index contributed by atoms with van der Waals surface area (Å²) in [6.45, 7) is 2.58. The van der Waals surface area contributed by atoms with E-state index in [4.69, 9.17) is 0 Å². The summed E-state index contributed by atoms with van der Waals surface area (Å²) in [5, 5.41) is 12.4. The molecule has 1 aliphatic rings. The number of rotatable bonds is 7. The quantitative estimate of drug-likeness (QED) is 0.787. The summed E-state index contributed by atoms with van der Waals surface area (Å²) in [6.07, 6.45) is 1.31. The Bertz CT molecular complexity index is 809. The van der Waals surface area contributed by atoms with E-state index in [1.54, 1.807) is 6.07 Å². The molecule has 1 amide bonds. The molecular formula is C22H27FN2O2. The van der Waals surface area contributed by atoms with Crippen LogP contribution >= 0.6 is 0 Å². The Kier molecular flexibility index (Phi) is 5.51. The van der Waals surface area contributed by atoms with E-state index in [9.17, 15) is 14.3 Å². The van der Waals surface area contributed by atoms with Gasteiger partial charge >= 0.3 is 0 Å². The fourth-order valence-corrected chi connectivity index (χ4v) is 3.62. The Morgan fingerprint density at radius 1 is 1.30 bits per heavy atom. The van der Waals surface area contributed by atoms with Gasteiger partial charge in [0.2, 0.25) is 5.91 Å². The van der Waals surface area contributed by atoms with Crippen molar-refractivity contribution in [2.24, 2.45) is 5.92 Å². The van der Waals surface area contributed by atoms with Gasteiger partial charge in [0, 0.05) is 30.0 Å². The summed E-state index contributed by atoms with van der Waals surface area (Å²) in [5.41, 5.74) is 1.63. The number of aromatic hydroxyl groups is 1. The van der Waals surface area contributed by atoms with Gasteiger partial charge < -0.3 is 15.3 Å². The molecule has 3 atom stereocenters. The van der Waals surface area contributed by atoms with Crippen molar-refractivity contribution in [2.75, 3.05) is 20.6 Å². The second kappa shape index (κ2) is 7.69. The summed E-state index contributed by atoms with van der Waals surface area (Å²) < 4.78 is 14.0. The second-order valence-electron chi connectivity index (χ2n) is 7.88. The summed E-state index contributed by atoms with van der Waals surface area (Å²) in [5.74, 6) is -0.473. The van der Waals surface area contributed by atoms with Crippen LogP contribution in [-0.2, 0) is 16.6 Å². The van der Waals surface area contributed by atoms with E-state index in [1.165, 1.54) is 11.6 Å². The van der Waals surface area contributed by atoms with Crippen molar-refractivity contribution in [3.63, 3.8) is 0 Å². The number of halogens is 1. The fraction of sp³-hybridized carbons (Fsp3) is 0.409. The standard InChI is InChI=1S/C22H27FN2O2/c1-22(16-7-5-4-6-8-16)13-19(22)21(27)24-14-17(25(2)3)11-15-9-10-18(26)12-20(15)23/h4-10,12,17,19,26H,11,13-14H2,1-3H3,(H,24,27)/t17-,19-,22+/m0/s1. The molecule has 1 saturated carbocycles. The van der Waals surface area contributed by atoms with Gasteiger partial charge in [0.15, 0.2) is 0 Å². The Morgan fingerprint density at radius 3 is 2.63 bits per heavy atom. The van der Waals surface area contributed by atoms with E-state index >= 15 is 0 Å². The average molecular weight is 370 g/mol. The van der Waals surface area contributed by atoms with E-state index in [0.29, 0.717) is 18.5 Å². The van der Waals surface area contributed by atoms with Crippen molar-refractivity contribution < 1.29 is 14.3 Å². The van der Waals surface area contributed by atoms with E-state index in [2.05, 4.69) is 24.4 Å². The largest absolute Gasteiger partial charge is 0.508 e. The fourth-order valence-electron chi connectivity index (χ4n) is 3.62. The van der Waals surface area contributed by atoms with Crippen molar-refractivity contribution in [2.45, 2.75) is 31.2 Å². The third-order valence-electron chi connectivity index (χ3n) is 5.72. The van der Waals surface area contributed by atoms with Crippen molar-refractivity contribution >= 4 is 5.91 Å². The molecule has 0 radical (unpaired) electrons. The van der Waals surface area contributed by atoms with Crippen LogP contribution in [0.3, 0.4) is 0 Å². The minimum Gasteiger partial charge on any atom is -0.508 e. The normalized spacial score (nSPS) is 22.5. The lowest BCUT2D eigenvalue weighted by atomic mass is 9.95. The van der Waals surface area contributed by atoms with Crippen LogP contribution in [-0.4, -0.2) is 42.6 Å². The molecular weight excluding hydrogens is 343 g/mol. The summed E-state index contributed by atoms with van der Waals surface area (Å²) >= 11 is 0. The SMILES string of the molecule is CN(C)[C@H](CNC(=O)[C@@H]1C[C@]1(C)c1ccccc1)Cc1ccc(O)cc1F. The first-order valence-corrected chi connectivity index (χ1v) is 9.28. The predicted octanol–water partition coefficient (Wildman–Crippen LogP) is 3.10. The molecule has 1 aliphatic carbocycles. The Hall–Kier alpha value is -2.40. The van der Waals surface area contributed by atoms with Crippen LogP contribution in [0.1, 0.15) is 24.5 Å². The lowest BCUT2D eigenvalue weighted by Gasteiger charge is -2.25. The molecule has 0 saturated heterocycles. The van der Waals surface area contributed by atoms with Gasteiger partial charge in [-0.15, -0.1) is 0 Å². The van der Waals surface area contributed by atoms with Gasteiger partial charge in [-0.1, -0.05) is 43.3 Å². The number of phenolic OH excluding ortho intramolecular Hbond substituents is 1. The highest BCUT2D eigenvalue weighted by Crippen LogP contribution is 2.53. The number of nitrogens with zero attached hydrogens (tertiary/aromatic N) is 1. The number of carbonyl (C=O) groups excluding carboxylic acids is 1. The third kappa shape index (κ3) is 4.30. The van der Waals surface area contributed by atoms with Crippen molar-refractivity contribution in [3.05, 3.63) is 65.5 Å². The van der Waals surface area contributed by atoms with Gasteiger partial charge in [0.05, 0.1) is 0 Å². The number of carbonyl (C=O) groups is 1. The maximum atomic E-state index is 14.0. The zero-order chi connectivity index (χ0) is 19.6. The van der Waals surface area contributed by atoms with Crippen molar-refractivity contribution in [3.8, 4) is 5.75 Å². The molecule has 1 fully saturated rings. The molecule has 4 nitrogen and oxygen atoms in total. The number of nitrogens with one attached hydrogen (secondary N) is 1. The highest BCUT2D eigenvalue weighted by Gasteiger charge is 2.55. The van der Waals surface area contributed by atoms with Crippen LogP contribution in [0.2, 0.25) is 0 Å². The van der Waals surface area contributed by atoms with E-state index < -0.39 is 5.82 Å². The first-order valence-electron chi connectivity index (χ1n) is 9.28. The number of hydrogen-bond donors (Lipinski definition) is 2. The molecule has 5 heteroatoms. The molecule has 2 aromatic rings. The molecule has 0 heterocycles. The van der Waals surface area contributed by atoms with Crippen LogP contribution in [0, 0.1) is 11.7 Å². The molecule has 144 valence electrons. The van der Waals surface area contributed by atoms with E-state index in [1.807, 2.05) is 37.2 Å². The first-order chi connectivity index (χ1) is 12.8. The highest BCUT2D eigenvalue weighted by atomic mass is 19.1. The molecule has 0 aliphatic heterocycles. The summed E-state index contributed by atoms with van der Waals surface area (Å²) in [6, 6.07) is 14.3. The van der Waals surface area contributed by atoms with E-state index in [0.717, 1.165) is 12.5 Å². The first kappa shape index (κ1) is 19.4. The van der Waals surface area contributed by atoms with Gasteiger partial charge in [0.1, 0.15) is 11.6 Å². The lowest BCUT2D eigenvalue weighted by molar-refractivity contribution is -0.122. The molecule has 3 rings (SSSR count). The number of benzene rings is 2. The third-order valence-corrected chi connectivity index (χ3v) is 5.72. The number of hydrogen-bond acceptors (Lipinski definition) is 3. The minimum atomic E-state index is -0.424. The average Bonchev–Trinajstić information content (AvgIpc) is 3.34. The monoisotopic (exact) mass is 370 g/mol. The Labute approximate surface area is 160 Å². The molecule has 27 heavy (non-hydrogen) atoms. The number of amides is 1. The van der Waals surface area contributed by atoms with Crippen LogP contribution < -0.4 is 5.32 Å². The van der Waals surface area contributed by atoms with E-state index in [-0.39, 0.29) is 29.0 Å². The summed E-state index contributed by atoms with van der Waals surface area (Å²) in [4.78, 5) is 14.6. The van der Waals surface area contributed by atoms with Crippen LogP contribution in [0.4, 0.5) is 4.39 Å². The van der Waals surface area contributed by atoms with Gasteiger partial charge in [-0.05, 0) is 44.1 Å². The van der Waals surface area contributed by atoms with Gasteiger partial charge in [-0.3, -0.25) is 4.79 Å². The van der Waals surface area contributed by atoms with Crippen molar-refractivity contribution in [1.82, 2.24) is 10.2 Å². The zero-order valence-electron chi connectivity index (χ0n) is 16.1. The number of likely N-dealkylation sites (N-methyl/N-ethyl adjacent to an activating group) is 1. The van der Waals surface area contributed by atoms with Crippen LogP contribution in [0.5, 0.6) is 5.75 Å². The topological polar surface area (TPSA) is 52.6 Å². The van der Waals surface area contributed by atoms with Gasteiger partial charge in [-0.2, -0.15) is 0 Å².